The van der Waals surface area contributed by atoms with E-state index < -0.39 is 0 Å². The summed E-state index contributed by atoms with van der Waals surface area (Å²) in [5, 5.41) is 0. The number of benzene rings is 1. The highest BCUT2D eigenvalue weighted by Gasteiger charge is 2.05. The Balaban J connectivity index is 2.40. The lowest BCUT2D eigenvalue weighted by atomic mass is 10.0. The smallest absolute Gasteiger partial charge is 0.00857 e. The first-order valence-corrected chi connectivity index (χ1v) is 4.29. The average molecular weight is 156 g/mol. The summed E-state index contributed by atoms with van der Waals surface area (Å²) >= 11 is 0. The van der Waals surface area contributed by atoms with Crippen molar-refractivity contribution >= 4 is 5.57 Å². The molecule has 0 aliphatic heterocycles. The third-order valence-corrected chi connectivity index (χ3v) is 2.29. The fourth-order valence-corrected chi connectivity index (χ4v) is 1.60. The van der Waals surface area contributed by atoms with Crippen molar-refractivity contribution in [2.24, 2.45) is 0 Å². The van der Waals surface area contributed by atoms with E-state index in [4.69, 9.17) is 0 Å². The normalized spacial score (nSPS) is 15.8. The molecule has 12 heavy (non-hydrogen) atoms. The summed E-state index contributed by atoms with van der Waals surface area (Å²) in [4.78, 5) is 0. The van der Waals surface area contributed by atoms with E-state index in [1.807, 2.05) is 0 Å². The lowest BCUT2D eigenvalue weighted by Crippen LogP contribution is -1.81. The third-order valence-electron chi connectivity index (χ3n) is 2.29. The van der Waals surface area contributed by atoms with Crippen LogP contribution in [-0.4, -0.2) is 0 Å². The van der Waals surface area contributed by atoms with Crippen molar-refractivity contribution in [3.05, 3.63) is 53.6 Å². The van der Waals surface area contributed by atoms with Crippen molar-refractivity contribution in [3.63, 3.8) is 0 Å². The molecule has 0 N–H and O–H groups in total. The van der Waals surface area contributed by atoms with Crippen molar-refractivity contribution in [1.29, 1.82) is 0 Å². The Bertz CT molecular complexity index is 328. The molecular formula is C12H12. The van der Waals surface area contributed by atoms with E-state index in [1.54, 1.807) is 0 Å². The van der Waals surface area contributed by atoms with Gasteiger partial charge < -0.3 is 0 Å². The van der Waals surface area contributed by atoms with Gasteiger partial charge >= 0.3 is 0 Å². The highest BCUT2D eigenvalue weighted by Crippen LogP contribution is 2.27. The zero-order valence-corrected chi connectivity index (χ0v) is 7.25. The first kappa shape index (κ1) is 7.35. The Hall–Kier alpha value is -1.30. The van der Waals surface area contributed by atoms with Gasteiger partial charge in [0.15, 0.2) is 0 Å². The van der Waals surface area contributed by atoms with Gasteiger partial charge in [-0.1, -0.05) is 42.5 Å². The zero-order valence-electron chi connectivity index (χ0n) is 7.25. The van der Waals surface area contributed by atoms with Crippen LogP contribution in [0.4, 0.5) is 0 Å². The number of rotatable bonds is 1. The number of hydrogen-bond acceptors (Lipinski definition) is 0. The summed E-state index contributed by atoms with van der Waals surface area (Å²) in [7, 11) is 0. The Labute approximate surface area is 73.2 Å². The Morgan fingerprint density at radius 3 is 2.42 bits per heavy atom. The van der Waals surface area contributed by atoms with Crippen molar-refractivity contribution < 1.29 is 0 Å². The molecule has 0 heterocycles. The molecule has 60 valence electrons. The Morgan fingerprint density at radius 2 is 1.83 bits per heavy atom. The lowest BCUT2D eigenvalue weighted by molar-refractivity contribution is 1.41. The van der Waals surface area contributed by atoms with E-state index in [0.717, 1.165) is 6.42 Å². The fraction of sp³-hybridized carbons (Fsp3) is 0.167. The molecule has 0 radical (unpaired) electrons. The van der Waals surface area contributed by atoms with Crippen LogP contribution >= 0.6 is 0 Å². The average Bonchev–Trinajstić information content (AvgIpc) is 2.53. The van der Waals surface area contributed by atoms with Crippen molar-refractivity contribution in [2.75, 3.05) is 0 Å². The van der Waals surface area contributed by atoms with Gasteiger partial charge in [-0.15, -0.1) is 0 Å². The van der Waals surface area contributed by atoms with Crippen LogP contribution in [0.15, 0.2) is 48.1 Å². The maximum atomic E-state index is 2.22. The van der Waals surface area contributed by atoms with E-state index in [0.29, 0.717) is 0 Å². The molecule has 0 saturated heterocycles. The molecular weight excluding hydrogens is 144 g/mol. The SMILES string of the molecule is CC1=C(c2ccccc2)CC=C1. The predicted molar refractivity (Wildman–Crippen MR) is 52.8 cm³/mol. The van der Waals surface area contributed by atoms with E-state index in [-0.39, 0.29) is 0 Å². The van der Waals surface area contributed by atoms with Gasteiger partial charge in [-0.3, -0.25) is 0 Å². The fourth-order valence-electron chi connectivity index (χ4n) is 1.60. The van der Waals surface area contributed by atoms with E-state index in [1.165, 1.54) is 16.7 Å². The number of allylic oxidation sites excluding steroid dienone is 4. The zero-order chi connectivity index (χ0) is 8.39. The molecule has 0 nitrogen and oxygen atoms in total. The standard InChI is InChI=1S/C12H12/c1-10-6-5-9-12(10)11-7-3-2-4-8-11/h2-8H,9H2,1H3. The second kappa shape index (κ2) is 2.98. The van der Waals surface area contributed by atoms with E-state index >= 15 is 0 Å². The molecule has 1 aromatic rings. The molecule has 1 aliphatic rings. The van der Waals surface area contributed by atoms with Crippen molar-refractivity contribution in [1.82, 2.24) is 0 Å². The molecule has 1 aliphatic carbocycles. The van der Waals surface area contributed by atoms with Gasteiger partial charge in [0, 0.05) is 0 Å². The highest BCUT2D eigenvalue weighted by molar-refractivity contribution is 5.74. The molecule has 0 atom stereocenters. The quantitative estimate of drug-likeness (QED) is 0.584. The molecule has 0 heteroatoms. The summed E-state index contributed by atoms with van der Waals surface area (Å²) < 4.78 is 0. The van der Waals surface area contributed by atoms with Crippen molar-refractivity contribution in [2.45, 2.75) is 13.3 Å². The van der Waals surface area contributed by atoms with Crippen LogP contribution in [0.1, 0.15) is 18.9 Å². The maximum absolute atomic E-state index is 2.22. The molecule has 0 fully saturated rings. The van der Waals surface area contributed by atoms with E-state index in [9.17, 15) is 0 Å². The van der Waals surface area contributed by atoms with Crippen LogP contribution < -0.4 is 0 Å². The van der Waals surface area contributed by atoms with Crippen LogP contribution in [-0.2, 0) is 0 Å². The Morgan fingerprint density at radius 1 is 1.08 bits per heavy atom. The molecule has 0 saturated carbocycles. The van der Waals surface area contributed by atoms with Gasteiger partial charge in [0.05, 0.1) is 0 Å². The Kier molecular flexibility index (Phi) is 1.83. The van der Waals surface area contributed by atoms with E-state index in [2.05, 4.69) is 49.4 Å². The lowest BCUT2D eigenvalue weighted by Gasteiger charge is -2.02. The molecule has 2 rings (SSSR count). The predicted octanol–water partition coefficient (Wildman–Crippen LogP) is 3.42. The largest absolute Gasteiger partial charge is 0.0798 e. The van der Waals surface area contributed by atoms with Crippen LogP contribution in [0.3, 0.4) is 0 Å². The minimum absolute atomic E-state index is 1.09. The molecule has 0 spiro atoms. The minimum Gasteiger partial charge on any atom is -0.0798 e. The van der Waals surface area contributed by atoms with Gasteiger partial charge in [0.2, 0.25) is 0 Å². The second-order valence-electron chi connectivity index (χ2n) is 3.13. The van der Waals surface area contributed by atoms with Crippen LogP contribution in [0, 0.1) is 0 Å². The first-order chi connectivity index (χ1) is 5.88. The summed E-state index contributed by atoms with van der Waals surface area (Å²) in [6, 6.07) is 10.6. The van der Waals surface area contributed by atoms with Gasteiger partial charge in [0.1, 0.15) is 0 Å². The molecule has 0 amide bonds. The van der Waals surface area contributed by atoms with Gasteiger partial charge in [-0.2, -0.15) is 0 Å². The molecule has 0 unspecified atom stereocenters. The summed E-state index contributed by atoms with van der Waals surface area (Å²) in [6.45, 7) is 2.17. The van der Waals surface area contributed by atoms with Crippen molar-refractivity contribution in [3.8, 4) is 0 Å². The first-order valence-electron chi connectivity index (χ1n) is 4.29. The summed E-state index contributed by atoms with van der Waals surface area (Å²) in [6.07, 6.45) is 5.51. The topological polar surface area (TPSA) is 0 Å². The van der Waals surface area contributed by atoms with Gasteiger partial charge in [0.25, 0.3) is 0 Å². The highest BCUT2D eigenvalue weighted by atomic mass is 14.1. The molecule has 1 aromatic carbocycles. The summed E-state index contributed by atoms with van der Waals surface area (Å²) in [5.41, 5.74) is 4.23. The van der Waals surface area contributed by atoms with Crippen LogP contribution in [0.25, 0.3) is 5.57 Å². The number of hydrogen-bond donors (Lipinski definition) is 0. The van der Waals surface area contributed by atoms with Crippen LogP contribution in [0.5, 0.6) is 0 Å². The summed E-state index contributed by atoms with van der Waals surface area (Å²) in [5.74, 6) is 0. The second-order valence-corrected chi connectivity index (χ2v) is 3.13. The third kappa shape index (κ3) is 1.20. The monoisotopic (exact) mass is 156 g/mol. The minimum atomic E-state index is 1.09. The van der Waals surface area contributed by atoms with Gasteiger partial charge in [-0.25, -0.2) is 0 Å². The molecule has 0 aromatic heterocycles. The van der Waals surface area contributed by atoms with Crippen LogP contribution in [0.2, 0.25) is 0 Å². The van der Waals surface area contributed by atoms with Gasteiger partial charge in [-0.05, 0) is 30.1 Å². The maximum Gasteiger partial charge on any atom is -0.00857 e. The molecule has 0 bridgehead atoms.